The molecule has 1 fully saturated rings. The van der Waals surface area contributed by atoms with Crippen LogP contribution in [0.5, 0.6) is 0 Å². The van der Waals surface area contributed by atoms with Crippen molar-refractivity contribution in [3.8, 4) is 0 Å². The molecule has 0 amide bonds. The van der Waals surface area contributed by atoms with E-state index >= 15 is 0 Å². The van der Waals surface area contributed by atoms with Crippen LogP contribution in [0.2, 0.25) is 0 Å². The summed E-state index contributed by atoms with van der Waals surface area (Å²) >= 11 is 1.77. The maximum Gasteiger partial charge on any atom is 0.107 e. The minimum Gasteiger partial charge on any atom is -0.330 e. The first-order chi connectivity index (χ1) is 7.38. The van der Waals surface area contributed by atoms with Crippen LogP contribution >= 0.6 is 11.3 Å². The van der Waals surface area contributed by atoms with E-state index < -0.39 is 0 Å². The lowest BCUT2D eigenvalue weighted by Gasteiger charge is -2.25. The monoisotopic (exact) mass is 225 g/mol. The fourth-order valence-corrected chi connectivity index (χ4v) is 2.86. The van der Waals surface area contributed by atoms with Crippen LogP contribution in [0.3, 0.4) is 0 Å². The summed E-state index contributed by atoms with van der Waals surface area (Å²) in [7, 11) is 0. The SMILES string of the molecule is NCCc1csc(CN2CCCCC2)n1. The normalized spacial score (nSPS) is 18.2. The Hall–Kier alpha value is -0.450. The molecular formula is C11H19N3S. The molecule has 0 unspecified atom stereocenters. The Labute approximate surface area is 95.3 Å². The molecule has 0 radical (unpaired) electrons. The molecule has 84 valence electrons. The Balaban J connectivity index is 1.86. The molecule has 4 heteroatoms. The first-order valence-corrected chi connectivity index (χ1v) is 6.62. The Kier molecular flexibility index (Phi) is 4.11. The highest BCUT2D eigenvalue weighted by molar-refractivity contribution is 7.09. The maximum absolute atomic E-state index is 5.51. The van der Waals surface area contributed by atoms with E-state index in [-0.39, 0.29) is 0 Å². The highest BCUT2D eigenvalue weighted by Gasteiger charge is 2.12. The number of nitrogens with two attached hydrogens (primary N) is 1. The minimum absolute atomic E-state index is 0.701. The quantitative estimate of drug-likeness (QED) is 0.847. The van der Waals surface area contributed by atoms with Gasteiger partial charge in [-0.3, -0.25) is 4.90 Å². The molecular weight excluding hydrogens is 206 g/mol. The van der Waals surface area contributed by atoms with Crippen LogP contribution in [0, 0.1) is 0 Å². The van der Waals surface area contributed by atoms with Gasteiger partial charge in [0.05, 0.1) is 12.2 Å². The zero-order valence-electron chi connectivity index (χ0n) is 9.11. The number of aromatic nitrogens is 1. The van der Waals surface area contributed by atoms with E-state index in [9.17, 15) is 0 Å². The summed E-state index contributed by atoms with van der Waals surface area (Å²) in [5, 5.41) is 3.40. The van der Waals surface area contributed by atoms with E-state index in [2.05, 4.69) is 15.3 Å². The second kappa shape index (κ2) is 5.58. The molecule has 15 heavy (non-hydrogen) atoms. The van der Waals surface area contributed by atoms with Gasteiger partial charge in [0.2, 0.25) is 0 Å². The number of piperidine rings is 1. The number of thiazole rings is 1. The van der Waals surface area contributed by atoms with Gasteiger partial charge in [-0.25, -0.2) is 4.98 Å². The number of likely N-dealkylation sites (tertiary alicyclic amines) is 1. The van der Waals surface area contributed by atoms with E-state index in [1.807, 2.05) is 0 Å². The molecule has 1 aliphatic heterocycles. The maximum atomic E-state index is 5.51. The fraction of sp³-hybridized carbons (Fsp3) is 0.727. The number of hydrogen-bond acceptors (Lipinski definition) is 4. The molecule has 0 spiro atoms. The van der Waals surface area contributed by atoms with Gasteiger partial charge in [-0.05, 0) is 32.5 Å². The summed E-state index contributed by atoms with van der Waals surface area (Å²) in [5.41, 5.74) is 6.67. The third-order valence-corrected chi connectivity index (χ3v) is 3.69. The van der Waals surface area contributed by atoms with Crippen molar-refractivity contribution in [3.63, 3.8) is 0 Å². The van der Waals surface area contributed by atoms with Gasteiger partial charge >= 0.3 is 0 Å². The third kappa shape index (κ3) is 3.26. The topological polar surface area (TPSA) is 42.1 Å². The van der Waals surface area contributed by atoms with Gasteiger partial charge in [0.1, 0.15) is 5.01 Å². The lowest BCUT2D eigenvalue weighted by Crippen LogP contribution is -2.29. The zero-order valence-corrected chi connectivity index (χ0v) is 9.93. The molecule has 1 aromatic rings. The second-order valence-electron chi connectivity index (χ2n) is 4.11. The van der Waals surface area contributed by atoms with Gasteiger partial charge in [-0.1, -0.05) is 6.42 Å². The fourth-order valence-electron chi connectivity index (χ4n) is 1.99. The minimum atomic E-state index is 0.701. The summed E-state index contributed by atoms with van der Waals surface area (Å²) in [6, 6.07) is 0. The molecule has 2 heterocycles. The molecule has 1 aromatic heterocycles. The zero-order chi connectivity index (χ0) is 10.5. The van der Waals surface area contributed by atoms with Gasteiger partial charge < -0.3 is 5.73 Å². The van der Waals surface area contributed by atoms with Crippen LogP contribution in [-0.2, 0) is 13.0 Å². The lowest BCUT2D eigenvalue weighted by atomic mass is 10.1. The molecule has 3 nitrogen and oxygen atoms in total. The van der Waals surface area contributed by atoms with Gasteiger partial charge in [-0.2, -0.15) is 0 Å². The first-order valence-electron chi connectivity index (χ1n) is 5.74. The van der Waals surface area contributed by atoms with E-state index in [4.69, 9.17) is 5.73 Å². The van der Waals surface area contributed by atoms with Crippen molar-refractivity contribution >= 4 is 11.3 Å². The van der Waals surface area contributed by atoms with Crippen molar-refractivity contribution in [2.45, 2.75) is 32.2 Å². The van der Waals surface area contributed by atoms with Crippen molar-refractivity contribution in [2.75, 3.05) is 19.6 Å². The van der Waals surface area contributed by atoms with Crippen LogP contribution in [0.15, 0.2) is 5.38 Å². The van der Waals surface area contributed by atoms with Gasteiger partial charge in [0.25, 0.3) is 0 Å². The standard InChI is InChI=1S/C11H19N3S/c12-5-4-10-9-15-11(13-10)8-14-6-2-1-3-7-14/h9H,1-8,12H2. The highest BCUT2D eigenvalue weighted by atomic mass is 32.1. The first kappa shape index (κ1) is 11.0. The molecule has 0 bridgehead atoms. The van der Waals surface area contributed by atoms with Gasteiger partial charge in [-0.15, -0.1) is 11.3 Å². The number of rotatable bonds is 4. The molecule has 0 aliphatic carbocycles. The van der Waals surface area contributed by atoms with Crippen molar-refractivity contribution < 1.29 is 0 Å². The Morgan fingerprint density at radius 2 is 2.13 bits per heavy atom. The summed E-state index contributed by atoms with van der Waals surface area (Å²) in [6.45, 7) is 4.22. The predicted molar refractivity (Wildman–Crippen MR) is 64.0 cm³/mol. The van der Waals surface area contributed by atoms with Gasteiger partial charge in [0, 0.05) is 11.8 Å². The van der Waals surface area contributed by atoms with Crippen molar-refractivity contribution in [1.82, 2.24) is 9.88 Å². The predicted octanol–water partition coefficient (Wildman–Crippen LogP) is 1.63. The molecule has 0 saturated carbocycles. The Morgan fingerprint density at radius 1 is 1.33 bits per heavy atom. The largest absolute Gasteiger partial charge is 0.330 e. The summed E-state index contributed by atoms with van der Waals surface area (Å²) < 4.78 is 0. The molecule has 2 N–H and O–H groups in total. The van der Waals surface area contributed by atoms with Crippen LogP contribution in [0.25, 0.3) is 0 Å². The Morgan fingerprint density at radius 3 is 2.87 bits per heavy atom. The highest BCUT2D eigenvalue weighted by Crippen LogP contribution is 2.16. The summed E-state index contributed by atoms with van der Waals surface area (Å²) in [5.74, 6) is 0. The van der Waals surface area contributed by atoms with Gasteiger partial charge in [0.15, 0.2) is 0 Å². The van der Waals surface area contributed by atoms with Crippen molar-refractivity contribution in [3.05, 3.63) is 16.1 Å². The third-order valence-electron chi connectivity index (χ3n) is 2.81. The summed E-state index contributed by atoms with van der Waals surface area (Å²) in [6.07, 6.45) is 5.01. The molecule has 1 saturated heterocycles. The number of nitrogens with zero attached hydrogens (tertiary/aromatic N) is 2. The smallest absolute Gasteiger partial charge is 0.107 e. The van der Waals surface area contributed by atoms with E-state index in [1.54, 1.807) is 11.3 Å². The van der Waals surface area contributed by atoms with Crippen LogP contribution in [-0.4, -0.2) is 29.5 Å². The average molecular weight is 225 g/mol. The number of hydrogen-bond donors (Lipinski definition) is 1. The second-order valence-corrected chi connectivity index (χ2v) is 5.05. The lowest BCUT2D eigenvalue weighted by molar-refractivity contribution is 0.220. The van der Waals surface area contributed by atoms with E-state index in [0.717, 1.165) is 18.7 Å². The molecule has 2 rings (SSSR count). The van der Waals surface area contributed by atoms with Crippen molar-refractivity contribution in [2.24, 2.45) is 5.73 Å². The molecule has 0 atom stereocenters. The average Bonchev–Trinajstić information content (AvgIpc) is 2.68. The Bertz CT molecular complexity index is 292. The van der Waals surface area contributed by atoms with E-state index in [1.165, 1.54) is 37.4 Å². The van der Waals surface area contributed by atoms with Crippen molar-refractivity contribution in [1.29, 1.82) is 0 Å². The summed E-state index contributed by atoms with van der Waals surface area (Å²) in [4.78, 5) is 7.10. The van der Waals surface area contributed by atoms with E-state index in [0.29, 0.717) is 6.54 Å². The molecule has 0 aromatic carbocycles. The van der Waals surface area contributed by atoms with Crippen LogP contribution in [0.4, 0.5) is 0 Å². The molecule has 1 aliphatic rings. The van der Waals surface area contributed by atoms with Crippen LogP contribution in [0.1, 0.15) is 30.0 Å². The van der Waals surface area contributed by atoms with Crippen LogP contribution < -0.4 is 5.73 Å².